The molecule has 2 amide bonds. The normalized spacial score (nSPS) is 13.0. The van der Waals surface area contributed by atoms with Crippen LogP contribution in [0.25, 0.3) is 0 Å². The molecule has 0 saturated heterocycles. The largest absolute Gasteiger partial charge is 0.352 e. The Morgan fingerprint density at radius 2 is 1.55 bits per heavy atom. The van der Waals surface area contributed by atoms with E-state index in [2.05, 4.69) is 19.2 Å². The molecule has 40 heavy (non-hydrogen) atoms. The molecule has 214 valence electrons. The van der Waals surface area contributed by atoms with Crippen LogP contribution in [0.1, 0.15) is 58.1 Å². The second-order valence-corrected chi connectivity index (χ2v) is 12.5. The van der Waals surface area contributed by atoms with Crippen LogP contribution in [0.2, 0.25) is 5.02 Å². The Morgan fingerprint density at radius 1 is 0.900 bits per heavy atom. The van der Waals surface area contributed by atoms with Crippen molar-refractivity contribution >= 4 is 39.1 Å². The van der Waals surface area contributed by atoms with Crippen molar-refractivity contribution in [1.82, 2.24) is 10.2 Å². The summed E-state index contributed by atoms with van der Waals surface area (Å²) in [6.07, 6.45) is 0.732. The Kier molecular flexibility index (Phi) is 10.8. The number of halogens is 1. The van der Waals surface area contributed by atoms with Crippen molar-refractivity contribution in [1.29, 1.82) is 0 Å². The first-order chi connectivity index (χ1) is 18.9. The SMILES string of the molecule is CC[C@@H](C)NC(=O)[C@H](C)N(Cc1cccc(Cl)c1)C(=O)CN(c1ccc(C(C)C)cc1)S(=O)(=O)c1ccccc1. The third-order valence-corrected chi connectivity index (χ3v) is 8.89. The molecule has 0 spiro atoms. The minimum Gasteiger partial charge on any atom is -0.352 e. The molecule has 0 radical (unpaired) electrons. The van der Waals surface area contributed by atoms with Gasteiger partial charge >= 0.3 is 0 Å². The topological polar surface area (TPSA) is 86.8 Å². The molecule has 7 nitrogen and oxygen atoms in total. The first-order valence-corrected chi connectivity index (χ1v) is 15.3. The molecule has 2 atom stereocenters. The smallest absolute Gasteiger partial charge is 0.264 e. The molecule has 1 N–H and O–H groups in total. The van der Waals surface area contributed by atoms with Gasteiger partial charge in [-0.15, -0.1) is 0 Å². The zero-order valence-electron chi connectivity index (χ0n) is 23.7. The predicted octanol–water partition coefficient (Wildman–Crippen LogP) is 5.99. The minimum absolute atomic E-state index is 0.0692. The summed E-state index contributed by atoms with van der Waals surface area (Å²) in [4.78, 5) is 28.6. The number of rotatable bonds is 12. The van der Waals surface area contributed by atoms with Gasteiger partial charge in [0.05, 0.1) is 10.6 Å². The number of amides is 2. The van der Waals surface area contributed by atoms with Crippen LogP contribution >= 0.6 is 11.6 Å². The Labute approximate surface area is 243 Å². The zero-order valence-corrected chi connectivity index (χ0v) is 25.2. The lowest BCUT2D eigenvalue weighted by Crippen LogP contribution is -2.52. The van der Waals surface area contributed by atoms with Gasteiger partial charge in [0, 0.05) is 17.6 Å². The fourth-order valence-corrected chi connectivity index (χ4v) is 5.80. The summed E-state index contributed by atoms with van der Waals surface area (Å²) in [5.74, 6) is -0.573. The maximum absolute atomic E-state index is 14.0. The maximum Gasteiger partial charge on any atom is 0.264 e. The van der Waals surface area contributed by atoms with Crippen molar-refractivity contribution in [2.45, 2.75) is 70.5 Å². The first-order valence-electron chi connectivity index (χ1n) is 13.5. The highest BCUT2D eigenvalue weighted by Crippen LogP contribution is 2.27. The van der Waals surface area contributed by atoms with E-state index >= 15 is 0 Å². The zero-order chi connectivity index (χ0) is 29.4. The molecule has 0 aliphatic carbocycles. The minimum atomic E-state index is -4.10. The summed E-state index contributed by atoms with van der Waals surface area (Å²) >= 11 is 6.19. The van der Waals surface area contributed by atoms with E-state index in [1.54, 1.807) is 55.5 Å². The molecule has 3 rings (SSSR count). The van der Waals surface area contributed by atoms with E-state index in [1.807, 2.05) is 32.0 Å². The lowest BCUT2D eigenvalue weighted by Gasteiger charge is -2.32. The summed E-state index contributed by atoms with van der Waals surface area (Å²) in [5.41, 5.74) is 2.13. The average molecular weight is 584 g/mol. The number of nitrogens with one attached hydrogen (secondary N) is 1. The van der Waals surface area contributed by atoms with Gasteiger partial charge in [-0.05, 0) is 73.7 Å². The van der Waals surface area contributed by atoms with E-state index in [1.165, 1.54) is 17.0 Å². The molecule has 0 fully saturated rings. The van der Waals surface area contributed by atoms with Gasteiger partial charge in [-0.2, -0.15) is 0 Å². The summed E-state index contributed by atoms with van der Waals surface area (Å²) in [6.45, 7) is 9.20. The van der Waals surface area contributed by atoms with Crippen LogP contribution in [0, 0.1) is 0 Å². The highest BCUT2D eigenvalue weighted by atomic mass is 35.5. The van der Waals surface area contributed by atoms with Gasteiger partial charge in [-0.3, -0.25) is 13.9 Å². The van der Waals surface area contributed by atoms with Gasteiger partial charge < -0.3 is 10.2 Å². The summed E-state index contributed by atoms with van der Waals surface area (Å²) < 4.78 is 28.8. The van der Waals surface area contributed by atoms with Gasteiger partial charge in [-0.25, -0.2) is 8.42 Å². The van der Waals surface area contributed by atoms with Crippen LogP contribution < -0.4 is 9.62 Å². The van der Waals surface area contributed by atoms with Crippen LogP contribution in [0.15, 0.2) is 83.8 Å². The van der Waals surface area contributed by atoms with E-state index in [0.29, 0.717) is 10.7 Å². The Bertz CT molecular complexity index is 1400. The molecule has 9 heteroatoms. The summed E-state index contributed by atoms with van der Waals surface area (Å²) in [7, 11) is -4.10. The molecule has 0 unspecified atom stereocenters. The molecular formula is C31H38ClN3O4S. The van der Waals surface area contributed by atoms with Crippen LogP contribution in [0.5, 0.6) is 0 Å². The summed E-state index contributed by atoms with van der Waals surface area (Å²) in [6, 6.07) is 21.3. The molecule has 0 saturated carbocycles. The lowest BCUT2D eigenvalue weighted by molar-refractivity contribution is -0.139. The molecule has 0 aliphatic rings. The van der Waals surface area contributed by atoms with E-state index < -0.39 is 28.5 Å². The monoisotopic (exact) mass is 583 g/mol. The molecule has 3 aromatic rings. The lowest BCUT2D eigenvalue weighted by atomic mass is 10.0. The quantitative estimate of drug-likeness (QED) is 0.284. The number of hydrogen-bond donors (Lipinski definition) is 1. The van der Waals surface area contributed by atoms with E-state index in [-0.39, 0.29) is 29.3 Å². The average Bonchev–Trinajstić information content (AvgIpc) is 2.94. The molecule has 0 aromatic heterocycles. The highest BCUT2D eigenvalue weighted by Gasteiger charge is 2.32. The Balaban J connectivity index is 2.03. The van der Waals surface area contributed by atoms with Crippen LogP contribution in [0.3, 0.4) is 0 Å². The molecule has 0 heterocycles. The van der Waals surface area contributed by atoms with Crippen molar-refractivity contribution < 1.29 is 18.0 Å². The second-order valence-electron chi connectivity index (χ2n) is 10.2. The molecular weight excluding hydrogens is 546 g/mol. The van der Waals surface area contributed by atoms with Gasteiger partial charge in [0.2, 0.25) is 11.8 Å². The van der Waals surface area contributed by atoms with E-state index in [4.69, 9.17) is 11.6 Å². The van der Waals surface area contributed by atoms with Crippen molar-refractivity contribution in [3.8, 4) is 0 Å². The maximum atomic E-state index is 14.0. The Hall–Kier alpha value is -3.36. The molecule has 0 bridgehead atoms. The number of carbonyl (C=O) groups excluding carboxylic acids is 2. The third kappa shape index (κ3) is 7.86. The summed E-state index contributed by atoms with van der Waals surface area (Å²) in [5, 5.41) is 3.43. The number of hydrogen-bond acceptors (Lipinski definition) is 4. The van der Waals surface area contributed by atoms with Crippen molar-refractivity contribution in [2.24, 2.45) is 0 Å². The van der Waals surface area contributed by atoms with E-state index in [9.17, 15) is 18.0 Å². The van der Waals surface area contributed by atoms with Crippen LogP contribution in [-0.2, 0) is 26.2 Å². The molecule has 0 aliphatic heterocycles. The fourth-order valence-electron chi connectivity index (χ4n) is 4.15. The number of carbonyl (C=O) groups is 2. The fraction of sp³-hybridized carbons (Fsp3) is 0.355. The van der Waals surface area contributed by atoms with Crippen molar-refractivity contribution in [3.63, 3.8) is 0 Å². The van der Waals surface area contributed by atoms with Crippen molar-refractivity contribution in [2.75, 3.05) is 10.8 Å². The predicted molar refractivity (Wildman–Crippen MR) is 161 cm³/mol. The van der Waals surface area contributed by atoms with Gasteiger partial charge in [0.15, 0.2) is 0 Å². The van der Waals surface area contributed by atoms with E-state index in [0.717, 1.165) is 21.9 Å². The second kappa shape index (κ2) is 13.8. The van der Waals surface area contributed by atoms with Crippen LogP contribution in [-0.4, -0.2) is 43.8 Å². The molecule has 3 aromatic carbocycles. The first kappa shape index (κ1) is 31.2. The van der Waals surface area contributed by atoms with Gasteiger partial charge in [0.25, 0.3) is 10.0 Å². The van der Waals surface area contributed by atoms with Crippen LogP contribution in [0.4, 0.5) is 5.69 Å². The van der Waals surface area contributed by atoms with Gasteiger partial charge in [0.1, 0.15) is 12.6 Å². The number of sulfonamides is 1. The standard InChI is InChI=1S/C31H38ClN3O4S/c1-6-23(4)33-31(37)24(5)34(20-25-11-10-12-27(32)19-25)30(36)21-35(28-17-15-26(16-18-28)22(2)3)40(38,39)29-13-8-7-9-14-29/h7-19,22-24H,6,20-21H2,1-5H3,(H,33,37)/t23-,24+/m1/s1. The third-order valence-electron chi connectivity index (χ3n) is 6.87. The number of anilines is 1. The number of nitrogens with zero attached hydrogens (tertiary/aromatic N) is 2. The van der Waals surface area contributed by atoms with Gasteiger partial charge in [-0.1, -0.05) is 74.8 Å². The van der Waals surface area contributed by atoms with Crippen molar-refractivity contribution in [3.05, 3.63) is 95.0 Å². The Morgan fingerprint density at radius 3 is 2.12 bits per heavy atom. The number of benzene rings is 3. The highest BCUT2D eigenvalue weighted by molar-refractivity contribution is 7.92.